The monoisotopic (exact) mass is 278 g/mol. The van der Waals surface area contributed by atoms with E-state index in [2.05, 4.69) is 10.3 Å². The van der Waals surface area contributed by atoms with Crippen LogP contribution in [0.3, 0.4) is 0 Å². The van der Waals surface area contributed by atoms with Gasteiger partial charge in [-0.3, -0.25) is 9.78 Å². The van der Waals surface area contributed by atoms with Gasteiger partial charge >= 0.3 is 0 Å². The maximum atomic E-state index is 12.0. The quantitative estimate of drug-likeness (QED) is 0.936. The lowest BCUT2D eigenvalue weighted by Crippen LogP contribution is -2.27. The predicted octanol–water partition coefficient (Wildman–Crippen LogP) is 3.44. The van der Waals surface area contributed by atoms with E-state index >= 15 is 0 Å². The summed E-state index contributed by atoms with van der Waals surface area (Å²) in [6.45, 7) is 5.66. The Balaban J connectivity index is 2.13. The minimum atomic E-state index is -0.256. The third-order valence-electron chi connectivity index (χ3n) is 2.85. The Bertz CT molecular complexity index is 607. The molecule has 0 aliphatic heterocycles. The molecule has 0 fully saturated rings. The first-order valence-electron chi connectivity index (χ1n) is 5.96. The van der Waals surface area contributed by atoms with Crippen molar-refractivity contribution in [2.45, 2.75) is 26.8 Å². The summed E-state index contributed by atoms with van der Waals surface area (Å²) in [5, 5.41) is 3.36. The van der Waals surface area contributed by atoms with Crippen LogP contribution < -0.4 is 5.32 Å². The molecule has 2 rings (SSSR count). The largest absolute Gasteiger partial charge is 0.466 e. The van der Waals surface area contributed by atoms with Gasteiger partial charge in [-0.2, -0.15) is 0 Å². The van der Waals surface area contributed by atoms with Crippen LogP contribution in [0, 0.1) is 13.8 Å². The van der Waals surface area contributed by atoms with Crippen molar-refractivity contribution in [2.24, 2.45) is 0 Å². The van der Waals surface area contributed by atoms with Crippen molar-refractivity contribution in [3.63, 3.8) is 0 Å². The summed E-state index contributed by atoms with van der Waals surface area (Å²) in [4.78, 5) is 16.0. The molecule has 0 aromatic carbocycles. The Hall–Kier alpha value is -1.81. The summed E-state index contributed by atoms with van der Waals surface area (Å²) in [6.07, 6.45) is 1.51. The third-order valence-corrected chi connectivity index (χ3v) is 3.08. The van der Waals surface area contributed by atoms with Gasteiger partial charge in [0.25, 0.3) is 5.91 Å². The lowest BCUT2D eigenvalue weighted by atomic mass is 10.1. The smallest absolute Gasteiger partial charge is 0.270 e. The highest BCUT2D eigenvalue weighted by Gasteiger charge is 2.16. The second-order valence-electron chi connectivity index (χ2n) is 4.42. The van der Waals surface area contributed by atoms with E-state index in [-0.39, 0.29) is 11.9 Å². The molecule has 2 aromatic heterocycles. The molecule has 2 aromatic rings. The molecule has 0 saturated carbocycles. The van der Waals surface area contributed by atoms with Crippen molar-refractivity contribution < 1.29 is 9.21 Å². The number of nitrogens with zero attached hydrogens (tertiary/aromatic N) is 1. The van der Waals surface area contributed by atoms with Crippen molar-refractivity contribution >= 4 is 17.5 Å². The second-order valence-corrected chi connectivity index (χ2v) is 4.86. The topological polar surface area (TPSA) is 55.1 Å². The van der Waals surface area contributed by atoms with Crippen molar-refractivity contribution in [3.8, 4) is 0 Å². The number of hydrogen-bond acceptors (Lipinski definition) is 3. The van der Waals surface area contributed by atoms with E-state index in [0.717, 1.165) is 17.1 Å². The Labute approximate surface area is 116 Å². The molecule has 4 nitrogen and oxygen atoms in total. The van der Waals surface area contributed by atoms with Gasteiger partial charge in [0, 0.05) is 16.8 Å². The number of hydrogen-bond donors (Lipinski definition) is 1. The fraction of sp³-hybridized carbons (Fsp3) is 0.286. The fourth-order valence-corrected chi connectivity index (χ4v) is 2.12. The highest BCUT2D eigenvalue weighted by Crippen LogP contribution is 2.21. The molecule has 100 valence electrons. The normalized spacial score (nSPS) is 12.2. The number of amides is 1. The van der Waals surface area contributed by atoms with Gasteiger partial charge in [0.15, 0.2) is 0 Å². The molecule has 1 amide bonds. The van der Waals surface area contributed by atoms with E-state index in [4.69, 9.17) is 16.0 Å². The number of aryl methyl sites for hydroxylation is 2. The average Bonchev–Trinajstić information content (AvgIpc) is 2.68. The first-order valence-corrected chi connectivity index (χ1v) is 6.34. The van der Waals surface area contributed by atoms with Gasteiger partial charge in [-0.15, -0.1) is 0 Å². The van der Waals surface area contributed by atoms with E-state index in [9.17, 15) is 4.79 Å². The lowest BCUT2D eigenvalue weighted by Gasteiger charge is -2.12. The van der Waals surface area contributed by atoms with Crippen LogP contribution in [0.4, 0.5) is 0 Å². The summed E-state index contributed by atoms with van der Waals surface area (Å²) >= 11 is 5.84. The summed E-state index contributed by atoms with van der Waals surface area (Å²) in [7, 11) is 0. The molecule has 1 N–H and O–H groups in total. The van der Waals surface area contributed by atoms with Crippen LogP contribution in [0.2, 0.25) is 5.02 Å². The molecule has 2 heterocycles. The second kappa shape index (κ2) is 5.45. The molecular formula is C14H15ClN2O2. The standard InChI is InChI=1S/C14H15ClN2O2/c1-8-6-12(10(3)19-8)9(2)17-14(18)13-7-11(15)4-5-16-13/h4-7,9H,1-3H3,(H,17,18). The van der Waals surface area contributed by atoms with Crippen molar-refractivity contribution in [2.75, 3.05) is 0 Å². The summed E-state index contributed by atoms with van der Waals surface area (Å²) < 4.78 is 5.45. The first-order chi connectivity index (χ1) is 8.97. The third kappa shape index (κ3) is 3.15. The lowest BCUT2D eigenvalue weighted by molar-refractivity contribution is 0.0934. The number of carbonyl (C=O) groups is 1. The van der Waals surface area contributed by atoms with Crippen molar-refractivity contribution in [1.82, 2.24) is 10.3 Å². The molecular weight excluding hydrogens is 264 g/mol. The molecule has 5 heteroatoms. The summed E-state index contributed by atoms with van der Waals surface area (Å²) in [5.74, 6) is 1.38. The van der Waals surface area contributed by atoms with Gasteiger partial charge in [0.1, 0.15) is 17.2 Å². The molecule has 0 saturated heterocycles. The van der Waals surface area contributed by atoms with Crippen LogP contribution in [0.1, 0.15) is 40.5 Å². The highest BCUT2D eigenvalue weighted by molar-refractivity contribution is 6.30. The van der Waals surface area contributed by atoms with Crippen molar-refractivity contribution in [1.29, 1.82) is 0 Å². The van der Waals surface area contributed by atoms with Gasteiger partial charge in [-0.1, -0.05) is 11.6 Å². The van der Waals surface area contributed by atoms with Crippen LogP contribution in [0.25, 0.3) is 0 Å². The van der Waals surface area contributed by atoms with E-state index in [1.54, 1.807) is 6.07 Å². The van der Waals surface area contributed by atoms with Crippen molar-refractivity contribution in [3.05, 3.63) is 52.2 Å². The maximum absolute atomic E-state index is 12.0. The molecule has 19 heavy (non-hydrogen) atoms. The van der Waals surface area contributed by atoms with E-state index in [1.165, 1.54) is 12.3 Å². The minimum absolute atomic E-state index is 0.147. The first kappa shape index (κ1) is 13.6. The number of aromatic nitrogens is 1. The fourth-order valence-electron chi connectivity index (χ4n) is 1.96. The molecule has 0 aliphatic rings. The predicted molar refractivity (Wildman–Crippen MR) is 73.3 cm³/mol. The molecule has 0 radical (unpaired) electrons. The number of furan rings is 1. The maximum Gasteiger partial charge on any atom is 0.270 e. The molecule has 1 atom stereocenters. The van der Waals surface area contributed by atoms with E-state index in [1.807, 2.05) is 26.8 Å². The van der Waals surface area contributed by atoms with Gasteiger partial charge in [-0.25, -0.2) is 0 Å². The van der Waals surface area contributed by atoms with Gasteiger partial charge in [-0.05, 0) is 39.0 Å². The van der Waals surface area contributed by atoms with E-state index < -0.39 is 0 Å². The number of halogens is 1. The Morgan fingerprint density at radius 2 is 2.16 bits per heavy atom. The average molecular weight is 279 g/mol. The minimum Gasteiger partial charge on any atom is -0.466 e. The highest BCUT2D eigenvalue weighted by atomic mass is 35.5. The number of pyridine rings is 1. The number of nitrogens with one attached hydrogen (secondary N) is 1. The van der Waals surface area contributed by atoms with Gasteiger partial charge < -0.3 is 9.73 Å². The van der Waals surface area contributed by atoms with E-state index in [0.29, 0.717) is 10.7 Å². The number of rotatable bonds is 3. The SMILES string of the molecule is Cc1cc(C(C)NC(=O)c2cc(Cl)ccn2)c(C)o1. The van der Waals surface area contributed by atoms with Crippen LogP contribution in [-0.4, -0.2) is 10.9 Å². The van der Waals surface area contributed by atoms with Crippen LogP contribution in [-0.2, 0) is 0 Å². The molecule has 0 bridgehead atoms. The molecule has 1 unspecified atom stereocenters. The summed E-state index contributed by atoms with van der Waals surface area (Å²) in [6, 6.07) is 4.94. The summed E-state index contributed by atoms with van der Waals surface area (Å²) in [5.41, 5.74) is 1.27. The van der Waals surface area contributed by atoms with Gasteiger partial charge in [0.05, 0.1) is 6.04 Å². The molecule has 0 spiro atoms. The van der Waals surface area contributed by atoms with Gasteiger partial charge in [0.2, 0.25) is 0 Å². The zero-order valence-corrected chi connectivity index (χ0v) is 11.8. The Morgan fingerprint density at radius 1 is 1.42 bits per heavy atom. The Morgan fingerprint density at radius 3 is 2.74 bits per heavy atom. The zero-order chi connectivity index (χ0) is 14.0. The Kier molecular flexibility index (Phi) is 3.90. The molecule has 0 aliphatic carbocycles. The number of carbonyl (C=O) groups excluding carboxylic acids is 1. The van der Waals surface area contributed by atoms with Crippen LogP contribution >= 0.6 is 11.6 Å². The van der Waals surface area contributed by atoms with Crippen LogP contribution in [0.15, 0.2) is 28.8 Å². The zero-order valence-electron chi connectivity index (χ0n) is 11.0. The van der Waals surface area contributed by atoms with Crippen LogP contribution in [0.5, 0.6) is 0 Å².